The normalized spacial score (nSPS) is 10.2. The van der Waals surface area contributed by atoms with Gasteiger partial charge >= 0.3 is 0 Å². The molecule has 0 saturated carbocycles. The zero-order valence-corrected chi connectivity index (χ0v) is 11.6. The lowest BCUT2D eigenvalue weighted by molar-refractivity contribution is 0.0950. The third kappa shape index (κ3) is 4.15. The van der Waals surface area contributed by atoms with E-state index < -0.39 is 0 Å². The van der Waals surface area contributed by atoms with Crippen molar-refractivity contribution in [1.29, 1.82) is 0 Å². The standard InChI is InChI=1S/C11H15BrN2OS/c1-13-5-2-6-14-11(15)9-4-3-8(12)7-10(9)16/h3-4,7,13,16H,2,5-6H2,1H3,(H,14,15). The molecular formula is C11H15BrN2OS. The number of hydrogen-bond acceptors (Lipinski definition) is 3. The van der Waals surface area contributed by atoms with Crippen LogP contribution < -0.4 is 10.6 Å². The van der Waals surface area contributed by atoms with Crippen LogP contribution in [0, 0.1) is 0 Å². The molecule has 88 valence electrons. The zero-order chi connectivity index (χ0) is 12.0. The van der Waals surface area contributed by atoms with E-state index in [4.69, 9.17) is 0 Å². The van der Waals surface area contributed by atoms with Gasteiger partial charge in [0.1, 0.15) is 0 Å². The fraction of sp³-hybridized carbons (Fsp3) is 0.364. The number of nitrogens with one attached hydrogen (secondary N) is 2. The lowest BCUT2D eigenvalue weighted by atomic mass is 10.2. The summed E-state index contributed by atoms with van der Waals surface area (Å²) in [6.07, 6.45) is 0.917. The van der Waals surface area contributed by atoms with Gasteiger partial charge in [0.05, 0.1) is 5.56 Å². The summed E-state index contributed by atoms with van der Waals surface area (Å²) < 4.78 is 0.921. The van der Waals surface area contributed by atoms with E-state index in [9.17, 15) is 4.79 Å². The van der Waals surface area contributed by atoms with Gasteiger partial charge in [-0.05, 0) is 38.2 Å². The van der Waals surface area contributed by atoms with Crippen LogP contribution in [-0.4, -0.2) is 26.0 Å². The average Bonchev–Trinajstić information content (AvgIpc) is 2.24. The minimum Gasteiger partial charge on any atom is -0.352 e. The maximum absolute atomic E-state index is 11.7. The highest BCUT2D eigenvalue weighted by atomic mass is 79.9. The van der Waals surface area contributed by atoms with E-state index in [1.54, 1.807) is 6.07 Å². The number of hydrogen-bond donors (Lipinski definition) is 3. The van der Waals surface area contributed by atoms with Gasteiger partial charge in [0.25, 0.3) is 5.91 Å². The minimum absolute atomic E-state index is 0.0754. The summed E-state index contributed by atoms with van der Waals surface area (Å²) in [6, 6.07) is 5.41. The number of halogens is 1. The van der Waals surface area contributed by atoms with Crippen molar-refractivity contribution in [1.82, 2.24) is 10.6 Å². The Bertz CT molecular complexity index is 371. The van der Waals surface area contributed by atoms with Crippen molar-refractivity contribution in [3.63, 3.8) is 0 Å². The molecule has 2 N–H and O–H groups in total. The number of amides is 1. The van der Waals surface area contributed by atoms with Crippen LogP contribution in [0.4, 0.5) is 0 Å². The number of benzene rings is 1. The molecule has 16 heavy (non-hydrogen) atoms. The van der Waals surface area contributed by atoms with Crippen LogP contribution in [0.2, 0.25) is 0 Å². The largest absolute Gasteiger partial charge is 0.352 e. The molecule has 1 rings (SSSR count). The Morgan fingerprint density at radius 1 is 1.44 bits per heavy atom. The third-order valence-electron chi connectivity index (χ3n) is 2.09. The van der Waals surface area contributed by atoms with Crippen molar-refractivity contribution < 1.29 is 4.79 Å². The van der Waals surface area contributed by atoms with Crippen LogP contribution in [0.3, 0.4) is 0 Å². The summed E-state index contributed by atoms with van der Waals surface area (Å²) in [4.78, 5) is 12.4. The van der Waals surface area contributed by atoms with Crippen molar-refractivity contribution in [3.05, 3.63) is 28.2 Å². The molecule has 0 saturated heterocycles. The molecular weight excluding hydrogens is 288 g/mol. The smallest absolute Gasteiger partial charge is 0.252 e. The van der Waals surface area contributed by atoms with Gasteiger partial charge in [-0.2, -0.15) is 0 Å². The highest BCUT2D eigenvalue weighted by Crippen LogP contribution is 2.19. The molecule has 1 amide bonds. The van der Waals surface area contributed by atoms with E-state index in [0.717, 1.165) is 17.4 Å². The molecule has 0 unspecified atom stereocenters. The van der Waals surface area contributed by atoms with E-state index in [2.05, 4.69) is 39.2 Å². The van der Waals surface area contributed by atoms with Crippen LogP contribution in [0.15, 0.2) is 27.6 Å². The number of carbonyl (C=O) groups is 1. The van der Waals surface area contributed by atoms with Crippen LogP contribution in [0.5, 0.6) is 0 Å². The summed E-state index contributed by atoms with van der Waals surface area (Å²) in [7, 11) is 1.89. The molecule has 1 aromatic carbocycles. The molecule has 0 radical (unpaired) electrons. The van der Waals surface area contributed by atoms with Crippen molar-refractivity contribution in [2.24, 2.45) is 0 Å². The molecule has 0 aliphatic heterocycles. The third-order valence-corrected chi connectivity index (χ3v) is 2.96. The Balaban J connectivity index is 2.53. The monoisotopic (exact) mass is 302 g/mol. The van der Waals surface area contributed by atoms with E-state index >= 15 is 0 Å². The summed E-state index contributed by atoms with van der Waals surface area (Å²) in [5.74, 6) is -0.0754. The molecule has 0 bridgehead atoms. The van der Waals surface area contributed by atoms with Crippen LogP contribution in [-0.2, 0) is 0 Å². The first-order valence-corrected chi connectivity index (χ1v) is 6.30. The fourth-order valence-corrected chi connectivity index (χ4v) is 2.11. The maximum Gasteiger partial charge on any atom is 0.252 e. The second-order valence-electron chi connectivity index (χ2n) is 3.37. The van der Waals surface area contributed by atoms with Gasteiger partial charge in [0.2, 0.25) is 0 Å². The molecule has 1 aromatic rings. The molecule has 0 aliphatic rings. The first kappa shape index (κ1) is 13.5. The highest BCUT2D eigenvalue weighted by Gasteiger charge is 2.08. The van der Waals surface area contributed by atoms with Crippen LogP contribution >= 0.6 is 28.6 Å². The molecule has 0 spiro atoms. The molecule has 0 aliphatic carbocycles. The van der Waals surface area contributed by atoms with Crippen molar-refractivity contribution in [3.8, 4) is 0 Å². The molecule has 0 heterocycles. The number of thiol groups is 1. The van der Waals surface area contributed by atoms with Crippen molar-refractivity contribution in [2.75, 3.05) is 20.1 Å². The van der Waals surface area contributed by atoms with Gasteiger partial charge in [0, 0.05) is 15.9 Å². The molecule has 3 nitrogen and oxygen atoms in total. The first-order chi connectivity index (χ1) is 7.65. The first-order valence-electron chi connectivity index (χ1n) is 5.06. The SMILES string of the molecule is CNCCCNC(=O)c1ccc(Br)cc1S. The molecule has 0 fully saturated rings. The van der Waals surface area contributed by atoms with E-state index in [1.807, 2.05) is 19.2 Å². The Labute approximate surface area is 110 Å². The number of rotatable bonds is 5. The van der Waals surface area contributed by atoms with Gasteiger partial charge in [-0.25, -0.2) is 0 Å². The summed E-state index contributed by atoms with van der Waals surface area (Å²) in [6.45, 7) is 1.57. The second kappa shape index (κ2) is 6.93. The quantitative estimate of drug-likeness (QED) is 0.576. The topological polar surface area (TPSA) is 41.1 Å². The second-order valence-corrected chi connectivity index (χ2v) is 4.77. The van der Waals surface area contributed by atoms with Crippen LogP contribution in [0.1, 0.15) is 16.8 Å². The Morgan fingerprint density at radius 2 is 2.19 bits per heavy atom. The van der Waals surface area contributed by atoms with Crippen molar-refractivity contribution >= 4 is 34.5 Å². The Kier molecular flexibility index (Phi) is 5.87. The summed E-state index contributed by atoms with van der Waals surface area (Å²) >= 11 is 7.60. The lowest BCUT2D eigenvalue weighted by Crippen LogP contribution is -2.26. The minimum atomic E-state index is -0.0754. The average molecular weight is 303 g/mol. The van der Waals surface area contributed by atoms with Gasteiger partial charge in [0.15, 0.2) is 0 Å². The number of carbonyl (C=O) groups excluding carboxylic acids is 1. The predicted molar refractivity (Wildman–Crippen MR) is 72.3 cm³/mol. The zero-order valence-electron chi connectivity index (χ0n) is 9.09. The van der Waals surface area contributed by atoms with E-state index in [0.29, 0.717) is 17.0 Å². The molecule has 0 aromatic heterocycles. The van der Waals surface area contributed by atoms with Gasteiger partial charge in [-0.1, -0.05) is 15.9 Å². The van der Waals surface area contributed by atoms with E-state index in [1.165, 1.54) is 0 Å². The van der Waals surface area contributed by atoms with Gasteiger partial charge in [-0.3, -0.25) is 4.79 Å². The lowest BCUT2D eigenvalue weighted by Gasteiger charge is -2.07. The fourth-order valence-electron chi connectivity index (χ4n) is 1.26. The van der Waals surface area contributed by atoms with Crippen LogP contribution in [0.25, 0.3) is 0 Å². The van der Waals surface area contributed by atoms with Gasteiger partial charge in [-0.15, -0.1) is 12.6 Å². The van der Waals surface area contributed by atoms with Gasteiger partial charge < -0.3 is 10.6 Å². The Hall–Kier alpha value is -0.520. The molecule has 0 atom stereocenters. The van der Waals surface area contributed by atoms with E-state index in [-0.39, 0.29) is 5.91 Å². The van der Waals surface area contributed by atoms with Crippen molar-refractivity contribution in [2.45, 2.75) is 11.3 Å². The highest BCUT2D eigenvalue weighted by molar-refractivity contribution is 9.10. The Morgan fingerprint density at radius 3 is 2.81 bits per heavy atom. The maximum atomic E-state index is 11.7. The summed E-state index contributed by atoms with van der Waals surface area (Å²) in [5.41, 5.74) is 0.607. The predicted octanol–water partition coefficient (Wildman–Crippen LogP) is 2.08. The summed E-state index contributed by atoms with van der Waals surface area (Å²) in [5, 5.41) is 5.88. The molecule has 5 heteroatoms.